The molecule has 0 spiro atoms. The van der Waals surface area contributed by atoms with E-state index in [-0.39, 0.29) is 30.7 Å². The van der Waals surface area contributed by atoms with Crippen LogP contribution in [0.25, 0.3) is 0 Å². The molecule has 2 fully saturated rings. The minimum absolute atomic E-state index is 0.0461. The van der Waals surface area contributed by atoms with Gasteiger partial charge in [-0.15, -0.1) is 0 Å². The molecule has 0 aromatic heterocycles. The monoisotopic (exact) mass is 375 g/mol. The van der Waals surface area contributed by atoms with E-state index in [1.54, 1.807) is 0 Å². The number of ether oxygens (including phenoxy) is 3. The maximum atomic E-state index is 11.3. The van der Waals surface area contributed by atoms with Gasteiger partial charge in [0.2, 0.25) is 0 Å². The van der Waals surface area contributed by atoms with Crippen LogP contribution in [-0.4, -0.2) is 53.4 Å². The van der Waals surface area contributed by atoms with Gasteiger partial charge in [0.25, 0.3) is 0 Å². The molecule has 2 saturated heterocycles. The highest BCUT2D eigenvalue weighted by atomic mass is 16.5. The summed E-state index contributed by atoms with van der Waals surface area (Å²) in [6, 6.07) is 6.15. The zero-order valence-electron chi connectivity index (χ0n) is 16.3. The van der Waals surface area contributed by atoms with Gasteiger partial charge in [-0.3, -0.25) is 9.69 Å². The van der Waals surface area contributed by atoms with E-state index in [9.17, 15) is 9.90 Å². The van der Waals surface area contributed by atoms with Crippen molar-refractivity contribution in [2.24, 2.45) is 5.92 Å². The number of carboxylic acid groups (broad SMARTS) is 1. The number of aliphatic carboxylic acids is 1. The lowest BCUT2D eigenvalue weighted by Gasteiger charge is -2.54. The number of hydrogen-bond acceptors (Lipinski definition) is 5. The number of fused-ring (bicyclic) bond motifs is 4. The highest BCUT2D eigenvalue weighted by Crippen LogP contribution is 2.54. The Morgan fingerprint density at radius 2 is 2.22 bits per heavy atom. The van der Waals surface area contributed by atoms with Crippen molar-refractivity contribution in [2.75, 3.05) is 19.7 Å². The number of para-hydroxylation sites is 1. The Kier molecular flexibility index (Phi) is 4.80. The zero-order chi connectivity index (χ0) is 19.2. The Bertz CT molecular complexity index is 719. The SMILES string of the molecule is CCOc1cccc2c1OC(C)(C)[C@H]1C[C@H]3[C@H](CCCN3CC(=O)O)O[C@H]21. The van der Waals surface area contributed by atoms with Crippen LogP contribution in [-0.2, 0) is 9.53 Å². The molecule has 4 rings (SSSR count). The van der Waals surface area contributed by atoms with E-state index in [4.69, 9.17) is 14.2 Å². The van der Waals surface area contributed by atoms with E-state index in [2.05, 4.69) is 24.8 Å². The third kappa shape index (κ3) is 3.29. The lowest BCUT2D eigenvalue weighted by molar-refractivity contribution is -0.191. The summed E-state index contributed by atoms with van der Waals surface area (Å²) in [4.78, 5) is 13.4. The van der Waals surface area contributed by atoms with Gasteiger partial charge in [0.15, 0.2) is 11.5 Å². The van der Waals surface area contributed by atoms with E-state index in [0.717, 1.165) is 42.9 Å². The molecule has 6 heteroatoms. The van der Waals surface area contributed by atoms with Gasteiger partial charge >= 0.3 is 5.97 Å². The molecule has 27 heavy (non-hydrogen) atoms. The van der Waals surface area contributed by atoms with Crippen molar-refractivity contribution >= 4 is 5.97 Å². The second-order valence-electron chi connectivity index (χ2n) is 8.32. The topological polar surface area (TPSA) is 68.2 Å². The number of benzene rings is 1. The van der Waals surface area contributed by atoms with Gasteiger partial charge in [0, 0.05) is 17.5 Å². The van der Waals surface area contributed by atoms with Gasteiger partial charge in [-0.25, -0.2) is 0 Å². The summed E-state index contributed by atoms with van der Waals surface area (Å²) in [5.41, 5.74) is 0.640. The number of nitrogens with zero attached hydrogens (tertiary/aromatic N) is 1. The van der Waals surface area contributed by atoms with Crippen molar-refractivity contribution in [3.05, 3.63) is 23.8 Å². The predicted octanol–water partition coefficient (Wildman–Crippen LogP) is 3.25. The van der Waals surface area contributed by atoms with Gasteiger partial charge in [-0.1, -0.05) is 12.1 Å². The third-order valence-electron chi connectivity index (χ3n) is 6.23. The minimum Gasteiger partial charge on any atom is -0.490 e. The third-order valence-corrected chi connectivity index (χ3v) is 6.23. The molecule has 0 aliphatic carbocycles. The molecule has 0 unspecified atom stereocenters. The predicted molar refractivity (Wildman–Crippen MR) is 100 cm³/mol. The standard InChI is InChI=1S/C21H29NO5/c1-4-25-17-8-5-7-13-19-14(21(2,3)27-20(13)17)11-15-16(26-19)9-6-10-22(15)12-18(23)24/h5,7-8,14-16,19H,4,6,9-12H2,1-3H3,(H,23,24)/t14-,15-,16-,19+/m0/s1. The van der Waals surface area contributed by atoms with Crippen molar-refractivity contribution < 1.29 is 24.1 Å². The summed E-state index contributed by atoms with van der Waals surface area (Å²) in [5.74, 6) is 0.951. The van der Waals surface area contributed by atoms with Crippen LogP contribution in [0.15, 0.2) is 18.2 Å². The first kappa shape index (κ1) is 18.6. The molecule has 0 radical (unpaired) electrons. The summed E-state index contributed by atoms with van der Waals surface area (Å²) < 4.78 is 18.9. The van der Waals surface area contributed by atoms with Crippen LogP contribution >= 0.6 is 0 Å². The molecule has 3 aliphatic heterocycles. The van der Waals surface area contributed by atoms with Crippen LogP contribution < -0.4 is 9.47 Å². The van der Waals surface area contributed by atoms with Crippen LogP contribution in [0.4, 0.5) is 0 Å². The van der Waals surface area contributed by atoms with Crippen LogP contribution in [0.5, 0.6) is 11.5 Å². The Hall–Kier alpha value is -1.79. The molecule has 1 aromatic carbocycles. The molecule has 1 N–H and O–H groups in total. The fourth-order valence-electron chi connectivity index (χ4n) is 5.00. The van der Waals surface area contributed by atoms with Crippen molar-refractivity contribution in [2.45, 2.75) is 63.9 Å². The summed E-state index contributed by atoms with van der Waals surface area (Å²) in [6.07, 6.45) is 2.85. The second-order valence-corrected chi connectivity index (χ2v) is 8.32. The maximum Gasteiger partial charge on any atom is 0.317 e. The average molecular weight is 375 g/mol. The summed E-state index contributed by atoms with van der Waals surface area (Å²) in [7, 11) is 0. The second kappa shape index (κ2) is 6.99. The van der Waals surface area contributed by atoms with Gasteiger partial charge in [0.05, 0.1) is 25.4 Å². The van der Waals surface area contributed by atoms with E-state index in [0.29, 0.717) is 6.61 Å². The highest BCUT2D eigenvalue weighted by Gasteiger charge is 2.52. The lowest BCUT2D eigenvalue weighted by atomic mass is 9.72. The van der Waals surface area contributed by atoms with Gasteiger partial charge in [-0.2, -0.15) is 0 Å². The van der Waals surface area contributed by atoms with Gasteiger partial charge in [-0.05, 0) is 52.6 Å². The summed E-state index contributed by atoms with van der Waals surface area (Å²) in [5, 5.41) is 9.28. The number of carbonyl (C=O) groups is 1. The van der Waals surface area contributed by atoms with E-state index in [1.165, 1.54) is 0 Å². The first-order valence-corrected chi connectivity index (χ1v) is 9.96. The number of rotatable bonds is 4. The number of piperidine rings is 1. The fraction of sp³-hybridized carbons (Fsp3) is 0.667. The van der Waals surface area contributed by atoms with E-state index < -0.39 is 11.6 Å². The number of hydrogen-bond donors (Lipinski definition) is 1. The van der Waals surface area contributed by atoms with Crippen LogP contribution in [0, 0.1) is 5.92 Å². The van der Waals surface area contributed by atoms with Crippen molar-refractivity contribution in [3.63, 3.8) is 0 Å². The highest BCUT2D eigenvalue weighted by molar-refractivity contribution is 5.69. The molecule has 0 bridgehead atoms. The number of carboxylic acids is 1. The largest absolute Gasteiger partial charge is 0.490 e. The molecule has 148 valence electrons. The zero-order valence-corrected chi connectivity index (χ0v) is 16.3. The molecular formula is C21H29NO5. The summed E-state index contributed by atoms with van der Waals surface area (Å²) in [6.45, 7) is 7.66. The number of likely N-dealkylation sites (tertiary alicyclic amines) is 1. The van der Waals surface area contributed by atoms with Crippen LogP contribution in [0.2, 0.25) is 0 Å². The molecule has 3 aliphatic rings. The smallest absolute Gasteiger partial charge is 0.317 e. The molecule has 0 saturated carbocycles. The van der Waals surface area contributed by atoms with E-state index >= 15 is 0 Å². The Balaban J connectivity index is 1.67. The minimum atomic E-state index is -0.774. The average Bonchev–Trinajstić information content (AvgIpc) is 2.61. The van der Waals surface area contributed by atoms with Crippen LogP contribution in [0.3, 0.4) is 0 Å². The first-order valence-electron chi connectivity index (χ1n) is 9.96. The Labute approximate surface area is 160 Å². The first-order chi connectivity index (χ1) is 12.9. The molecule has 4 atom stereocenters. The van der Waals surface area contributed by atoms with Gasteiger partial charge in [0.1, 0.15) is 5.60 Å². The van der Waals surface area contributed by atoms with Crippen molar-refractivity contribution in [1.82, 2.24) is 4.90 Å². The van der Waals surface area contributed by atoms with E-state index in [1.807, 2.05) is 19.1 Å². The lowest BCUT2D eigenvalue weighted by Crippen LogP contribution is -2.59. The fourth-order valence-corrected chi connectivity index (χ4v) is 5.00. The molecule has 6 nitrogen and oxygen atoms in total. The molecule has 0 amide bonds. The maximum absolute atomic E-state index is 11.3. The van der Waals surface area contributed by atoms with Crippen molar-refractivity contribution in [3.8, 4) is 11.5 Å². The summed E-state index contributed by atoms with van der Waals surface area (Å²) >= 11 is 0. The van der Waals surface area contributed by atoms with Gasteiger partial charge < -0.3 is 19.3 Å². The Morgan fingerprint density at radius 3 is 2.96 bits per heavy atom. The quantitative estimate of drug-likeness (QED) is 0.871. The Morgan fingerprint density at radius 1 is 1.41 bits per heavy atom. The molecule has 3 heterocycles. The molecular weight excluding hydrogens is 346 g/mol. The normalized spacial score (nSPS) is 31.8. The molecule has 1 aromatic rings. The van der Waals surface area contributed by atoms with Crippen molar-refractivity contribution in [1.29, 1.82) is 0 Å². The van der Waals surface area contributed by atoms with Crippen LogP contribution in [0.1, 0.15) is 51.7 Å².